The van der Waals surface area contributed by atoms with Crippen molar-refractivity contribution in [2.45, 2.75) is 6.54 Å². The van der Waals surface area contributed by atoms with Crippen LogP contribution < -0.4 is 0 Å². The average Bonchev–Trinajstić information content (AvgIpc) is 2.96. The highest BCUT2D eigenvalue weighted by atomic mass is 35.5. The van der Waals surface area contributed by atoms with Crippen molar-refractivity contribution in [1.29, 1.82) is 0 Å². The Bertz CT molecular complexity index is 754. The van der Waals surface area contributed by atoms with Gasteiger partial charge in [0.1, 0.15) is 0 Å². The first-order valence-electron chi connectivity index (χ1n) is 6.03. The van der Waals surface area contributed by atoms with E-state index in [9.17, 15) is 4.79 Å². The molecule has 0 amide bonds. The number of halogens is 1. The van der Waals surface area contributed by atoms with Crippen LogP contribution in [0.5, 0.6) is 0 Å². The third kappa shape index (κ3) is 2.29. The maximum atomic E-state index is 12.2. The first-order chi connectivity index (χ1) is 9.13. The van der Waals surface area contributed by atoms with Gasteiger partial charge in [-0.2, -0.15) is 0 Å². The Morgan fingerprint density at radius 3 is 2.79 bits per heavy atom. The molecule has 2 heterocycles. The minimum Gasteiger partial charge on any atom is -0.357 e. The summed E-state index contributed by atoms with van der Waals surface area (Å²) < 4.78 is 3.82. The maximum Gasteiger partial charge on any atom is 0.184 e. The number of aromatic nitrogens is 2. The summed E-state index contributed by atoms with van der Waals surface area (Å²) in [4.78, 5) is 12.2. The molecule has 1 aromatic carbocycles. The molecule has 0 saturated heterocycles. The molecule has 0 spiro atoms. The monoisotopic (exact) mass is 272 g/mol. The van der Waals surface area contributed by atoms with E-state index in [0.717, 1.165) is 16.5 Å². The van der Waals surface area contributed by atoms with Gasteiger partial charge in [-0.15, -0.1) is 0 Å². The first kappa shape index (κ1) is 12.1. The number of Topliss-reactive ketones (excluding diaryl/α,β-unsaturated/α-hetero) is 1. The lowest BCUT2D eigenvalue weighted by molar-refractivity contribution is 0.0973. The molecular formula is C15H13ClN2O. The number of hydrogen-bond donors (Lipinski definition) is 0. The lowest BCUT2D eigenvalue weighted by Crippen LogP contribution is -2.08. The molecule has 3 rings (SSSR count). The SMILES string of the molecule is Cn1ccc(C(=O)Cn2ccc3cc(Cl)ccc32)c1. The molecule has 96 valence electrons. The number of benzene rings is 1. The molecule has 0 atom stereocenters. The topological polar surface area (TPSA) is 26.9 Å². The van der Waals surface area contributed by atoms with E-state index in [2.05, 4.69) is 0 Å². The third-order valence-corrected chi connectivity index (χ3v) is 3.44. The van der Waals surface area contributed by atoms with Gasteiger partial charge in [-0.05, 0) is 30.3 Å². The zero-order chi connectivity index (χ0) is 13.4. The molecule has 0 fully saturated rings. The Balaban J connectivity index is 1.91. The highest BCUT2D eigenvalue weighted by Crippen LogP contribution is 2.20. The lowest BCUT2D eigenvalue weighted by atomic mass is 10.2. The number of ketones is 1. The average molecular weight is 273 g/mol. The van der Waals surface area contributed by atoms with Crippen LogP contribution >= 0.6 is 11.6 Å². The van der Waals surface area contributed by atoms with Crippen molar-refractivity contribution >= 4 is 28.3 Å². The summed E-state index contributed by atoms with van der Waals surface area (Å²) in [6.45, 7) is 0.342. The first-order valence-corrected chi connectivity index (χ1v) is 6.41. The molecule has 0 unspecified atom stereocenters. The van der Waals surface area contributed by atoms with Crippen molar-refractivity contribution in [2.24, 2.45) is 7.05 Å². The molecular weight excluding hydrogens is 260 g/mol. The van der Waals surface area contributed by atoms with Crippen LogP contribution in [-0.2, 0) is 13.6 Å². The van der Waals surface area contributed by atoms with Gasteiger partial charge in [0.2, 0.25) is 0 Å². The second-order valence-electron chi connectivity index (χ2n) is 4.64. The zero-order valence-corrected chi connectivity index (χ0v) is 11.3. The van der Waals surface area contributed by atoms with Crippen LogP contribution in [0.4, 0.5) is 0 Å². The highest BCUT2D eigenvalue weighted by Gasteiger charge is 2.09. The van der Waals surface area contributed by atoms with Crippen molar-refractivity contribution in [3.8, 4) is 0 Å². The van der Waals surface area contributed by atoms with E-state index in [0.29, 0.717) is 11.6 Å². The van der Waals surface area contributed by atoms with Gasteiger partial charge in [0.05, 0.1) is 6.54 Å². The number of carbonyl (C=O) groups is 1. The molecule has 3 nitrogen and oxygen atoms in total. The Kier molecular flexibility index (Phi) is 2.91. The van der Waals surface area contributed by atoms with Gasteiger partial charge in [-0.3, -0.25) is 4.79 Å². The van der Waals surface area contributed by atoms with Crippen molar-refractivity contribution < 1.29 is 4.79 Å². The number of hydrogen-bond acceptors (Lipinski definition) is 1. The highest BCUT2D eigenvalue weighted by molar-refractivity contribution is 6.31. The lowest BCUT2D eigenvalue weighted by Gasteiger charge is -2.04. The minimum absolute atomic E-state index is 0.105. The normalized spacial score (nSPS) is 11.1. The van der Waals surface area contributed by atoms with Crippen LogP contribution in [0.25, 0.3) is 10.9 Å². The Hall–Kier alpha value is -2.00. The van der Waals surface area contributed by atoms with Crippen LogP contribution in [0, 0.1) is 0 Å². The van der Waals surface area contributed by atoms with Crippen molar-refractivity contribution in [3.05, 3.63) is 59.5 Å². The number of carbonyl (C=O) groups excluding carboxylic acids is 1. The summed E-state index contributed by atoms with van der Waals surface area (Å²) in [6.07, 6.45) is 5.63. The largest absolute Gasteiger partial charge is 0.357 e. The zero-order valence-electron chi connectivity index (χ0n) is 10.5. The van der Waals surface area contributed by atoms with E-state index >= 15 is 0 Å². The van der Waals surface area contributed by atoms with Crippen LogP contribution in [-0.4, -0.2) is 14.9 Å². The summed E-state index contributed by atoms with van der Waals surface area (Å²) in [5.74, 6) is 0.105. The van der Waals surface area contributed by atoms with E-state index in [1.165, 1.54) is 0 Å². The quantitative estimate of drug-likeness (QED) is 0.670. The standard InChI is InChI=1S/C15H13ClN2O/c1-17-6-4-12(9-17)15(19)10-18-7-5-11-8-13(16)2-3-14(11)18/h2-9H,10H2,1H3. The second kappa shape index (κ2) is 4.59. The molecule has 0 radical (unpaired) electrons. The van der Waals surface area contributed by atoms with Crippen LogP contribution in [0.15, 0.2) is 48.9 Å². The van der Waals surface area contributed by atoms with Gasteiger partial charge in [0, 0.05) is 47.1 Å². The van der Waals surface area contributed by atoms with E-state index < -0.39 is 0 Å². The van der Waals surface area contributed by atoms with E-state index in [4.69, 9.17) is 11.6 Å². The molecule has 0 bridgehead atoms. The van der Waals surface area contributed by atoms with Gasteiger partial charge >= 0.3 is 0 Å². The number of rotatable bonds is 3. The maximum absolute atomic E-state index is 12.2. The van der Waals surface area contributed by atoms with E-state index in [1.807, 2.05) is 65.1 Å². The number of aryl methyl sites for hydroxylation is 1. The molecule has 4 heteroatoms. The minimum atomic E-state index is 0.105. The van der Waals surface area contributed by atoms with E-state index in [-0.39, 0.29) is 5.78 Å². The Morgan fingerprint density at radius 1 is 1.21 bits per heavy atom. The third-order valence-electron chi connectivity index (χ3n) is 3.20. The fourth-order valence-corrected chi connectivity index (χ4v) is 2.40. The molecule has 0 N–H and O–H groups in total. The molecule has 0 aliphatic carbocycles. The van der Waals surface area contributed by atoms with Gasteiger partial charge in [-0.1, -0.05) is 11.6 Å². The van der Waals surface area contributed by atoms with Crippen molar-refractivity contribution in [3.63, 3.8) is 0 Å². The summed E-state index contributed by atoms with van der Waals surface area (Å²) in [6, 6.07) is 9.49. The second-order valence-corrected chi connectivity index (χ2v) is 5.07. The molecule has 3 aromatic rings. The fraction of sp³-hybridized carbons (Fsp3) is 0.133. The van der Waals surface area contributed by atoms with Crippen LogP contribution in [0.2, 0.25) is 5.02 Å². The van der Waals surface area contributed by atoms with Gasteiger partial charge in [0.15, 0.2) is 5.78 Å². The summed E-state index contributed by atoms with van der Waals surface area (Å²) >= 11 is 5.95. The smallest absolute Gasteiger partial charge is 0.184 e. The van der Waals surface area contributed by atoms with Gasteiger partial charge in [-0.25, -0.2) is 0 Å². The van der Waals surface area contributed by atoms with Crippen molar-refractivity contribution in [2.75, 3.05) is 0 Å². The Labute approximate surface area is 116 Å². The summed E-state index contributed by atoms with van der Waals surface area (Å²) in [5, 5.41) is 1.76. The number of nitrogens with zero attached hydrogens (tertiary/aromatic N) is 2. The summed E-state index contributed by atoms with van der Waals surface area (Å²) in [7, 11) is 1.91. The molecule has 0 aliphatic rings. The molecule has 19 heavy (non-hydrogen) atoms. The van der Waals surface area contributed by atoms with Crippen molar-refractivity contribution in [1.82, 2.24) is 9.13 Å². The van der Waals surface area contributed by atoms with Crippen LogP contribution in [0.1, 0.15) is 10.4 Å². The van der Waals surface area contributed by atoms with Crippen LogP contribution in [0.3, 0.4) is 0 Å². The molecule has 0 aliphatic heterocycles. The van der Waals surface area contributed by atoms with Gasteiger partial charge < -0.3 is 9.13 Å². The number of fused-ring (bicyclic) bond motifs is 1. The molecule has 2 aromatic heterocycles. The molecule has 0 saturated carbocycles. The summed E-state index contributed by atoms with van der Waals surface area (Å²) in [5.41, 5.74) is 1.76. The predicted octanol–water partition coefficient (Wildman–Crippen LogP) is 3.52. The van der Waals surface area contributed by atoms with E-state index in [1.54, 1.807) is 0 Å². The fourth-order valence-electron chi connectivity index (χ4n) is 2.22. The Morgan fingerprint density at radius 2 is 2.05 bits per heavy atom. The predicted molar refractivity (Wildman–Crippen MR) is 76.7 cm³/mol. The van der Waals surface area contributed by atoms with Gasteiger partial charge in [0.25, 0.3) is 0 Å².